The predicted octanol–water partition coefficient (Wildman–Crippen LogP) is 3.14. The second-order valence-corrected chi connectivity index (χ2v) is 4.61. The van der Waals surface area contributed by atoms with Gasteiger partial charge in [-0.05, 0) is 23.8 Å². The fourth-order valence-electron chi connectivity index (χ4n) is 1.94. The molecule has 0 atom stereocenters. The first kappa shape index (κ1) is 12.0. The molecule has 0 bridgehead atoms. The van der Waals surface area contributed by atoms with Gasteiger partial charge in [-0.25, -0.2) is 4.98 Å². The molecule has 5 heteroatoms. The Morgan fingerprint density at radius 2 is 2.00 bits per heavy atom. The molecule has 19 heavy (non-hydrogen) atoms. The normalized spacial score (nSPS) is 10.8. The van der Waals surface area contributed by atoms with Crippen LogP contribution in [-0.2, 0) is 6.54 Å². The maximum Gasteiger partial charge on any atom is 0.182 e. The van der Waals surface area contributed by atoms with Gasteiger partial charge in [0.05, 0.1) is 24.1 Å². The molecule has 3 aromatic rings. The SMILES string of the molecule is COc1ccc(Cn2cc3c(Cl)ccnc3n2)cc1. The van der Waals surface area contributed by atoms with E-state index in [1.807, 2.05) is 35.1 Å². The number of nitrogens with zero attached hydrogens (tertiary/aromatic N) is 3. The lowest BCUT2D eigenvalue weighted by Crippen LogP contribution is -1.99. The number of hydrogen-bond donors (Lipinski definition) is 0. The summed E-state index contributed by atoms with van der Waals surface area (Å²) >= 11 is 6.10. The molecule has 0 spiro atoms. The number of pyridine rings is 1. The van der Waals surface area contributed by atoms with Crippen molar-refractivity contribution in [1.82, 2.24) is 14.8 Å². The van der Waals surface area contributed by atoms with Crippen LogP contribution in [0.1, 0.15) is 5.56 Å². The smallest absolute Gasteiger partial charge is 0.182 e. The topological polar surface area (TPSA) is 39.9 Å². The van der Waals surface area contributed by atoms with Gasteiger partial charge in [0, 0.05) is 12.4 Å². The minimum atomic E-state index is 0.668. The lowest BCUT2D eigenvalue weighted by molar-refractivity contribution is 0.414. The molecule has 0 saturated heterocycles. The maximum atomic E-state index is 6.10. The summed E-state index contributed by atoms with van der Waals surface area (Å²) < 4.78 is 6.97. The van der Waals surface area contributed by atoms with E-state index in [0.29, 0.717) is 17.2 Å². The van der Waals surface area contributed by atoms with Crippen LogP contribution in [0.15, 0.2) is 42.7 Å². The van der Waals surface area contributed by atoms with Crippen LogP contribution in [0.25, 0.3) is 11.0 Å². The highest BCUT2D eigenvalue weighted by Gasteiger charge is 2.05. The van der Waals surface area contributed by atoms with Crippen molar-refractivity contribution in [1.29, 1.82) is 0 Å². The summed E-state index contributed by atoms with van der Waals surface area (Å²) in [4.78, 5) is 4.20. The molecule has 0 aliphatic heterocycles. The molecule has 0 amide bonds. The Balaban J connectivity index is 1.90. The molecule has 0 radical (unpaired) electrons. The molecular formula is C14H12ClN3O. The second kappa shape index (κ2) is 4.90. The van der Waals surface area contributed by atoms with E-state index in [2.05, 4.69) is 10.1 Å². The Labute approximate surface area is 115 Å². The summed E-state index contributed by atoms with van der Waals surface area (Å²) in [7, 11) is 1.66. The first-order valence-corrected chi connectivity index (χ1v) is 6.24. The molecule has 0 saturated carbocycles. The van der Waals surface area contributed by atoms with Crippen molar-refractivity contribution >= 4 is 22.6 Å². The van der Waals surface area contributed by atoms with E-state index in [1.54, 1.807) is 19.4 Å². The van der Waals surface area contributed by atoms with Crippen molar-refractivity contribution in [3.05, 3.63) is 53.3 Å². The number of methoxy groups -OCH3 is 1. The van der Waals surface area contributed by atoms with Crippen molar-refractivity contribution in [2.75, 3.05) is 7.11 Å². The zero-order valence-corrected chi connectivity index (χ0v) is 11.1. The van der Waals surface area contributed by atoms with Gasteiger partial charge in [0.25, 0.3) is 0 Å². The van der Waals surface area contributed by atoms with Crippen molar-refractivity contribution in [3.63, 3.8) is 0 Å². The lowest BCUT2D eigenvalue weighted by atomic mass is 10.2. The van der Waals surface area contributed by atoms with Crippen LogP contribution in [0, 0.1) is 0 Å². The van der Waals surface area contributed by atoms with E-state index in [1.165, 1.54) is 0 Å². The highest BCUT2D eigenvalue weighted by molar-refractivity contribution is 6.35. The van der Waals surface area contributed by atoms with E-state index in [0.717, 1.165) is 16.7 Å². The van der Waals surface area contributed by atoms with Crippen LogP contribution in [0.5, 0.6) is 5.75 Å². The van der Waals surface area contributed by atoms with E-state index < -0.39 is 0 Å². The lowest BCUT2D eigenvalue weighted by Gasteiger charge is -2.03. The molecule has 0 aliphatic carbocycles. The van der Waals surface area contributed by atoms with Crippen LogP contribution in [0.3, 0.4) is 0 Å². The first-order valence-electron chi connectivity index (χ1n) is 5.87. The second-order valence-electron chi connectivity index (χ2n) is 4.20. The van der Waals surface area contributed by atoms with Gasteiger partial charge in [-0.15, -0.1) is 0 Å². The Kier molecular flexibility index (Phi) is 3.09. The fraction of sp³-hybridized carbons (Fsp3) is 0.143. The van der Waals surface area contributed by atoms with E-state index in [4.69, 9.17) is 16.3 Å². The maximum absolute atomic E-state index is 6.10. The van der Waals surface area contributed by atoms with Gasteiger partial charge in [-0.3, -0.25) is 4.68 Å². The molecule has 3 rings (SSSR count). The summed E-state index contributed by atoms with van der Waals surface area (Å²) in [5.41, 5.74) is 1.81. The minimum absolute atomic E-state index is 0.668. The van der Waals surface area contributed by atoms with E-state index in [9.17, 15) is 0 Å². The number of benzene rings is 1. The van der Waals surface area contributed by atoms with Crippen molar-refractivity contribution in [2.45, 2.75) is 6.54 Å². The molecule has 4 nitrogen and oxygen atoms in total. The Morgan fingerprint density at radius 1 is 1.21 bits per heavy atom. The van der Waals surface area contributed by atoms with Crippen molar-refractivity contribution in [3.8, 4) is 5.75 Å². The highest BCUT2D eigenvalue weighted by Crippen LogP contribution is 2.20. The molecule has 0 aliphatic rings. The molecule has 0 unspecified atom stereocenters. The zero-order chi connectivity index (χ0) is 13.2. The van der Waals surface area contributed by atoms with Crippen LogP contribution < -0.4 is 4.74 Å². The number of rotatable bonds is 3. The van der Waals surface area contributed by atoms with E-state index >= 15 is 0 Å². The summed E-state index contributed by atoms with van der Waals surface area (Å²) in [6.45, 7) is 0.677. The van der Waals surface area contributed by atoms with Gasteiger partial charge < -0.3 is 4.74 Å². The third-order valence-corrected chi connectivity index (χ3v) is 3.25. The Bertz CT molecular complexity index is 706. The number of fused-ring (bicyclic) bond motifs is 1. The number of aromatic nitrogens is 3. The van der Waals surface area contributed by atoms with Crippen LogP contribution in [0.4, 0.5) is 0 Å². The van der Waals surface area contributed by atoms with Crippen LogP contribution >= 0.6 is 11.6 Å². The largest absolute Gasteiger partial charge is 0.497 e. The van der Waals surface area contributed by atoms with Gasteiger partial charge in [0.2, 0.25) is 0 Å². The molecule has 2 heterocycles. The minimum Gasteiger partial charge on any atom is -0.497 e. The summed E-state index contributed by atoms with van der Waals surface area (Å²) in [6, 6.07) is 9.66. The number of halogens is 1. The number of ether oxygens (including phenoxy) is 1. The third kappa shape index (κ3) is 2.39. The average Bonchev–Trinajstić information content (AvgIpc) is 2.84. The third-order valence-electron chi connectivity index (χ3n) is 2.92. The fourth-order valence-corrected chi connectivity index (χ4v) is 2.13. The molecule has 2 aromatic heterocycles. The van der Waals surface area contributed by atoms with Gasteiger partial charge in [0.15, 0.2) is 5.65 Å². The molecule has 96 valence electrons. The Morgan fingerprint density at radius 3 is 2.68 bits per heavy atom. The number of hydrogen-bond acceptors (Lipinski definition) is 3. The summed E-state index contributed by atoms with van der Waals surface area (Å²) in [5.74, 6) is 0.846. The quantitative estimate of drug-likeness (QED) is 0.736. The molecular weight excluding hydrogens is 262 g/mol. The average molecular weight is 274 g/mol. The first-order chi connectivity index (χ1) is 9.26. The molecule has 1 aromatic carbocycles. The summed E-state index contributed by atoms with van der Waals surface area (Å²) in [6.07, 6.45) is 3.57. The van der Waals surface area contributed by atoms with Crippen LogP contribution in [0.2, 0.25) is 5.02 Å². The van der Waals surface area contributed by atoms with Crippen LogP contribution in [-0.4, -0.2) is 21.9 Å². The van der Waals surface area contributed by atoms with Gasteiger partial charge in [-0.1, -0.05) is 23.7 Å². The van der Waals surface area contributed by atoms with E-state index in [-0.39, 0.29) is 0 Å². The zero-order valence-electron chi connectivity index (χ0n) is 10.4. The van der Waals surface area contributed by atoms with Crippen molar-refractivity contribution in [2.24, 2.45) is 0 Å². The highest BCUT2D eigenvalue weighted by atomic mass is 35.5. The Hall–Kier alpha value is -2.07. The van der Waals surface area contributed by atoms with Gasteiger partial charge in [-0.2, -0.15) is 5.10 Å². The van der Waals surface area contributed by atoms with Crippen molar-refractivity contribution < 1.29 is 4.74 Å². The predicted molar refractivity (Wildman–Crippen MR) is 74.6 cm³/mol. The molecule has 0 fully saturated rings. The van der Waals surface area contributed by atoms with Gasteiger partial charge in [0.1, 0.15) is 5.75 Å². The van der Waals surface area contributed by atoms with Gasteiger partial charge >= 0.3 is 0 Å². The monoisotopic (exact) mass is 273 g/mol. The standard InChI is InChI=1S/C14H12ClN3O/c1-19-11-4-2-10(3-5-11)8-18-9-12-13(15)6-7-16-14(12)17-18/h2-7,9H,8H2,1H3. The molecule has 0 N–H and O–H groups in total. The summed E-state index contributed by atoms with van der Waals surface area (Å²) in [5, 5.41) is 5.95.